The van der Waals surface area contributed by atoms with Crippen LogP contribution in [0.1, 0.15) is 36.8 Å². The monoisotopic (exact) mass is 260 g/mol. The first-order valence-corrected chi connectivity index (χ1v) is 7.29. The average Bonchev–Trinajstić information content (AvgIpc) is 2.91. The summed E-state index contributed by atoms with van der Waals surface area (Å²) in [4.78, 5) is 11.7. The average molecular weight is 260 g/mol. The number of amides is 1. The Hall–Kier alpha value is -1.35. The van der Waals surface area contributed by atoms with Crippen LogP contribution < -0.4 is 10.6 Å². The van der Waals surface area contributed by atoms with Crippen molar-refractivity contribution >= 4 is 5.91 Å². The van der Waals surface area contributed by atoms with Gasteiger partial charge < -0.3 is 10.6 Å². The van der Waals surface area contributed by atoms with Crippen LogP contribution in [0.15, 0.2) is 24.3 Å². The van der Waals surface area contributed by atoms with Gasteiger partial charge in [-0.05, 0) is 44.7 Å². The molecule has 1 aliphatic heterocycles. The van der Waals surface area contributed by atoms with Gasteiger partial charge in [0.1, 0.15) is 0 Å². The highest BCUT2D eigenvalue weighted by molar-refractivity contribution is 5.76. The fraction of sp³-hybridized carbons (Fsp3) is 0.562. The maximum absolute atomic E-state index is 11.7. The van der Waals surface area contributed by atoms with Gasteiger partial charge >= 0.3 is 0 Å². The second kappa shape index (κ2) is 7.29. The van der Waals surface area contributed by atoms with Crippen molar-refractivity contribution in [1.29, 1.82) is 0 Å². The van der Waals surface area contributed by atoms with Gasteiger partial charge in [0.25, 0.3) is 0 Å². The molecule has 0 aromatic heterocycles. The summed E-state index contributed by atoms with van der Waals surface area (Å²) in [5.74, 6) is 0.165. The Morgan fingerprint density at radius 3 is 2.84 bits per heavy atom. The first kappa shape index (κ1) is 14.1. The van der Waals surface area contributed by atoms with Gasteiger partial charge in [0.15, 0.2) is 0 Å². The van der Waals surface area contributed by atoms with Crippen LogP contribution in [0.25, 0.3) is 0 Å². The quantitative estimate of drug-likeness (QED) is 0.823. The summed E-state index contributed by atoms with van der Waals surface area (Å²) in [6, 6.07) is 9.01. The highest BCUT2D eigenvalue weighted by Gasteiger charge is 2.13. The molecular formula is C16H24N2O. The predicted octanol–water partition coefficient (Wildman–Crippen LogP) is 2.19. The molecule has 0 spiro atoms. The third-order valence-electron chi connectivity index (χ3n) is 3.74. The van der Waals surface area contributed by atoms with Gasteiger partial charge in [-0.1, -0.05) is 29.8 Å². The molecule has 1 amide bonds. The van der Waals surface area contributed by atoms with Crippen LogP contribution in [0.3, 0.4) is 0 Å². The number of carbonyl (C=O) groups is 1. The molecular weight excluding hydrogens is 236 g/mol. The van der Waals surface area contributed by atoms with Gasteiger partial charge in [-0.25, -0.2) is 0 Å². The Balaban J connectivity index is 1.60. The lowest BCUT2D eigenvalue weighted by molar-refractivity contribution is -0.121. The van der Waals surface area contributed by atoms with Crippen molar-refractivity contribution in [3.05, 3.63) is 35.4 Å². The Labute approximate surface area is 115 Å². The Kier molecular flexibility index (Phi) is 5.40. The van der Waals surface area contributed by atoms with E-state index >= 15 is 0 Å². The molecule has 0 bridgehead atoms. The minimum Gasteiger partial charge on any atom is -0.356 e. The van der Waals surface area contributed by atoms with Crippen molar-refractivity contribution < 1.29 is 4.79 Å². The number of carbonyl (C=O) groups excluding carboxylic acids is 1. The zero-order valence-electron chi connectivity index (χ0n) is 11.7. The summed E-state index contributed by atoms with van der Waals surface area (Å²) >= 11 is 0. The van der Waals surface area contributed by atoms with Gasteiger partial charge in [0, 0.05) is 19.0 Å². The fourth-order valence-electron chi connectivity index (χ4n) is 2.49. The first-order chi connectivity index (χ1) is 9.24. The van der Waals surface area contributed by atoms with Gasteiger partial charge in [0.2, 0.25) is 5.91 Å². The van der Waals surface area contributed by atoms with Crippen LogP contribution in [0.4, 0.5) is 0 Å². The standard InChI is InChI=1S/C16H24N2O/c1-13-4-6-14(7-5-13)8-9-16(19)18-12-10-15-3-2-11-17-15/h4-7,15,17H,2-3,8-12H2,1H3,(H,18,19)/t15-/m0/s1. The second-order valence-electron chi connectivity index (χ2n) is 5.42. The molecule has 3 nitrogen and oxygen atoms in total. The van der Waals surface area contributed by atoms with Crippen LogP contribution >= 0.6 is 0 Å². The van der Waals surface area contributed by atoms with Crippen LogP contribution in [0.2, 0.25) is 0 Å². The topological polar surface area (TPSA) is 41.1 Å². The number of rotatable bonds is 6. The molecule has 0 saturated carbocycles. The van der Waals surface area contributed by atoms with E-state index in [0.717, 1.165) is 25.9 Å². The van der Waals surface area contributed by atoms with Crippen LogP contribution in [-0.4, -0.2) is 25.0 Å². The number of hydrogen-bond acceptors (Lipinski definition) is 2. The van der Waals surface area contributed by atoms with Gasteiger partial charge in [-0.3, -0.25) is 4.79 Å². The highest BCUT2D eigenvalue weighted by Crippen LogP contribution is 2.08. The molecule has 3 heteroatoms. The summed E-state index contributed by atoms with van der Waals surface area (Å²) in [5.41, 5.74) is 2.50. The van der Waals surface area contributed by atoms with Gasteiger partial charge in [-0.15, -0.1) is 0 Å². The maximum Gasteiger partial charge on any atom is 0.220 e. The maximum atomic E-state index is 11.7. The summed E-state index contributed by atoms with van der Waals surface area (Å²) in [6.45, 7) is 4.00. The molecule has 1 aromatic rings. The minimum absolute atomic E-state index is 0.165. The van der Waals surface area contributed by atoms with E-state index in [1.807, 2.05) is 0 Å². The molecule has 1 heterocycles. The zero-order chi connectivity index (χ0) is 13.5. The second-order valence-corrected chi connectivity index (χ2v) is 5.42. The van der Waals surface area contributed by atoms with E-state index in [9.17, 15) is 4.79 Å². The lowest BCUT2D eigenvalue weighted by atomic mass is 10.1. The van der Waals surface area contributed by atoms with Gasteiger partial charge in [0.05, 0.1) is 0 Å². The van der Waals surface area contributed by atoms with E-state index in [-0.39, 0.29) is 5.91 Å². The third kappa shape index (κ3) is 5.03. The van der Waals surface area contributed by atoms with Crippen molar-refractivity contribution in [1.82, 2.24) is 10.6 Å². The fourth-order valence-corrected chi connectivity index (χ4v) is 2.49. The van der Waals surface area contributed by atoms with Crippen molar-refractivity contribution in [2.45, 2.75) is 45.1 Å². The normalized spacial score (nSPS) is 18.5. The minimum atomic E-state index is 0.165. The number of aryl methyl sites for hydroxylation is 2. The van der Waals surface area contributed by atoms with Crippen molar-refractivity contribution in [2.24, 2.45) is 0 Å². The summed E-state index contributed by atoms with van der Waals surface area (Å²) in [6.07, 6.45) is 4.98. The van der Waals surface area contributed by atoms with E-state index in [2.05, 4.69) is 41.8 Å². The van der Waals surface area contributed by atoms with Crippen LogP contribution in [0.5, 0.6) is 0 Å². The highest BCUT2D eigenvalue weighted by atomic mass is 16.1. The number of nitrogens with one attached hydrogen (secondary N) is 2. The molecule has 0 unspecified atom stereocenters. The molecule has 1 atom stereocenters. The molecule has 1 fully saturated rings. The van der Waals surface area contributed by atoms with Crippen molar-refractivity contribution in [3.63, 3.8) is 0 Å². The number of hydrogen-bond donors (Lipinski definition) is 2. The SMILES string of the molecule is Cc1ccc(CCC(=O)NCC[C@@H]2CCCN2)cc1. The molecule has 1 saturated heterocycles. The first-order valence-electron chi connectivity index (χ1n) is 7.29. The summed E-state index contributed by atoms with van der Waals surface area (Å²) in [5, 5.41) is 6.45. The largest absolute Gasteiger partial charge is 0.356 e. The third-order valence-corrected chi connectivity index (χ3v) is 3.74. The molecule has 2 rings (SSSR count). The Morgan fingerprint density at radius 1 is 1.37 bits per heavy atom. The lowest BCUT2D eigenvalue weighted by Gasteiger charge is -2.10. The van der Waals surface area contributed by atoms with Crippen LogP contribution in [-0.2, 0) is 11.2 Å². The zero-order valence-corrected chi connectivity index (χ0v) is 11.7. The molecule has 0 radical (unpaired) electrons. The molecule has 2 N–H and O–H groups in total. The van der Waals surface area contributed by atoms with E-state index < -0.39 is 0 Å². The molecule has 0 aliphatic carbocycles. The van der Waals surface area contributed by atoms with E-state index in [0.29, 0.717) is 12.5 Å². The number of benzene rings is 1. The van der Waals surface area contributed by atoms with Gasteiger partial charge in [-0.2, -0.15) is 0 Å². The van der Waals surface area contributed by atoms with E-state index in [1.165, 1.54) is 24.0 Å². The molecule has 1 aliphatic rings. The Bertz CT molecular complexity index is 394. The van der Waals surface area contributed by atoms with E-state index in [4.69, 9.17) is 0 Å². The summed E-state index contributed by atoms with van der Waals surface area (Å²) in [7, 11) is 0. The molecule has 104 valence electrons. The van der Waals surface area contributed by atoms with Crippen molar-refractivity contribution in [3.8, 4) is 0 Å². The molecule has 19 heavy (non-hydrogen) atoms. The lowest BCUT2D eigenvalue weighted by Crippen LogP contribution is -2.30. The van der Waals surface area contributed by atoms with Crippen LogP contribution in [0, 0.1) is 6.92 Å². The van der Waals surface area contributed by atoms with Crippen molar-refractivity contribution in [2.75, 3.05) is 13.1 Å². The smallest absolute Gasteiger partial charge is 0.220 e. The van der Waals surface area contributed by atoms with E-state index in [1.54, 1.807) is 0 Å². The summed E-state index contributed by atoms with van der Waals surface area (Å²) < 4.78 is 0. The Morgan fingerprint density at radius 2 is 2.16 bits per heavy atom. The molecule has 1 aromatic carbocycles. The predicted molar refractivity (Wildman–Crippen MR) is 78.2 cm³/mol.